The Balaban J connectivity index is 2.15. The van der Waals surface area contributed by atoms with Gasteiger partial charge in [-0.15, -0.1) is 0 Å². The minimum absolute atomic E-state index is 0.132. The molecular formula is C16H16ClNO4S. The minimum atomic E-state index is -3.60. The van der Waals surface area contributed by atoms with Crippen LogP contribution >= 0.6 is 11.6 Å². The van der Waals surface area contributed by atoms with Gasteiger partial charge in [-0.25, -0.2) is 13.2 Å². The number of carbonyl (C=O) groups excluding carboxylic acids is 1. The maximum Gasteiger partial charge on any atom is 0.338 e. The van der Waals surface area contributed by atoms with Gasteiger partial charge in [0, 0.05) is 0 Å². The van der Waals surface area contributed by atoms with Crippen molar-refractivity contribution in [1.29, 1.82) is 0 Å². The third-order valence-electron chi connectivity index (χ3n) is 2.95. The fraction of sp³-hybridized carbons (Fsp3) is 0.188. The van der Waals surface area contributed by atoms with E-state index in [0.717, 1.165) is 0 Å². The van der Waals surface area contributed by atoms with Crippen LogP contribution in [0, 0.1) is 0 Å². The van der Waals surface area contributed by atoms with Gasteiger partial charge >= 0.3 is 5.97 Å². The van der Waals surface area contributed by atoms with Crippen molar-refractivity contribution in [3.63, 3.8) is 0 Å². The van der Waals surface area contributed by atoms with Gasteiger partial charge in [-0.2, -0.15) is 0 Å². The Kier molecular flexibility index (Phi) is 5.63. The van der Waals surface area contributed by atoms with E-state index in [2.05, 4.69) is 4.72 Å². The number of rotatable bonds is 6. The molecule has 23 heavy (non-hydrogen) atoms. The third-order valence-corrected chi connectivity index (χ3v) is 4.50. The second kappa shape index (κ2) is 7.48. The smallest absolute Gasteiger partial charge is 0.338 e. The molecule has 0 heterocycles. The number of esters is 1. The number of anilines is 1. The second-order valence-corrected chi connectivity index (χ2v) is 6.89. The molecule has 0 aliphatic heterocycles. The fourth-order valence-electron chi connectivity index (χ4n) is 1.94. The summed E-state index contributed by atoms with van der Waals surface area (Å²) < 4.78 is 31.7. The van der Waals surface area contributed by atoms with E-state index in [1.54, 1.807) is 31.2 Å². The summed E-state index contributed by atoms with van der Waals surface area (Å²) in [6.07, 6.45) is 0. The van der Waals surface area contributed by atoms with Crippen LogP contribution in [0.2, 0.25) is 5.02 Å². The monoisotopic (exact) mass is 353 g/mol. The number of halogens is 1. The number of hydrogen-bond donors (Lipinski definition) is 1. The molecule has 0 radical (unpaired) electrons. The van der Waals surface area contributed by atoms with Gasteiger partial charge in [-0.1, -0.05) is 41.9 Å². The molecule has 5 nitrogen and oxygen atoms in total. The molecule has 0 aliphatic carbocycles. The van der Waals surface area contributed by atoms with Gasteiger partial charge in [0.25, 0.3) is 0 Å². The molecule has 2 rings (SSSR count). The summed E-state index contributed by atoms with van der Waals surface area (Å²) in [5, 5.41) is 0.132. The Morgan fingerprint density at radius 1 is 1.17 bits per heavy atom. The van der Waals surface area contributed by atoms with E-state index >= 15 is 0 Å². The first kappa shape index (κ1) is 17.3. The lowest BCUT2D eigenvalue weighted by atomic mass is 10.2. The molecule has 0 amide bonds. The van der Waals surface area contributed by atoms with Crippen molar-refractivity contribution in [2.75, 3.05) is 11.3 Å². The van der Waals surface area contributed by atoms with Crippen molar-refractivity contribution >= 4 is 33.3 Å². The van der Waals surface area contributed by atoms with Crippen LogP contribution in [0.3, 0.4) is 0 Å². The van der Waals surface area contributed by atoms with Crippen molar-refractivity contribution in [2.45, 2.75) is 12.7 Å². The van der Waals surface area contributed by atoms with E-state index < -0.39 is 16.0 Å². The van der Waals surface area contributed by atoms with Crippen LogP contribution in [-0.2, 0) is 20.5 Å². The third kappa shape index (κ3) is 4.97. The SMILES string of the molecule is CCOC(=O)c1ccc(NS(=O)(=O)Cc2ccccc2)c(Cl)c1. The number of nitrogens with one attached hydrogen (secondary N) is 1. The molecule has 1 N–H and O–H groups in total. The summed E-state index contributed by atoms with van der Waals surface area (Å²) >= 11 is 6.05. The topological polar surface area (TPSA) is 72.5 Å². The fourth-order valence-corrected chi connectivity index (χ4v) is 3.44. The Bertz CT molecular complexity index is 791. The van der Waals surface area contributed by atoms with Crippen molar-refractivity contribution in [2.24, 2.45) is 0 Å². The lowest BCUT2D eigenvalue weighted by Crippen LogP contribution is -2.15. The molecule has 0 aliphatic rings. The summed E-state index contributed by atoms with van der Waals surface area (Å²) in [5.41, 5.74) is 1.15. The van der Waals surface area contributed by atoms with Crippen LogP contribution < -0.4 is 4.72 Å². The summed E-state index contributed by atoms with van der Waals surface area (Å²) in [6.45, 7) is 1.95. The van der Waals surface area contributed by atoms with Crippen molar-refractivity contribution in [3.8, 4) is 0 Å². The van der Waals surface area contributed by atoms with Crippen LogP contribution in [0.1, 0.15) is 22.8 Å². The van der Waals surface area contributed by atoms with Gasteiger partial charge in [0.1, 0.15) is 0 Å². The Morgan fingerprint density at radius 2 is 1.87 bits per heavy atom. The summed E-state index contributed by atoms with van der Waals surface area (Å²) in [6, 6.07) is 13.1. The van der Waals surface area contributed by atoms with Gasteiger partial charge in [0.2, 0.25) is 10.0 Å². The van der Waals surface area contributed by atoms with Gasteiger partial charge in [-0.05, 0) is 30.7 Å². The number of sulfonamides is 1. The van der Waals surface area contributed by atoms with Crippen LogP contribution in [-0.4, -0.2) is 21.0 Å². The largest absolute Gasteiger partial charge is 0.462 e. The zero-order chi connectivity index (χ0) is 16.9. The summed E-state index contributed by atoms with van der Waals surface area (Å²) in [7, 11) is -3.60. The van der Waals surface area contributed by atoms with Gasteiger partial charge in [-0.3, -0.25) is 4.72 Å². The van der Waals surface area contributed by atoms with E-state index in [1.165, 1.54) is 18.2 Å². The molecule has 0 fully saturated rings. The van der Waals surface area contributed by atoms with E-state index in [4.69, 9.17) is 16.3 Å². The highest BCUT2D eigenvalue weighted by atomic mass is 35.5. The zero-order valence-electron chi connectivity index (χ0n) is 12.5. The van der Waals surface area contributed by atoms with Gasteiger partial charge in [0.05, 0.1) is 28.6 Å². The highest BCUT2D eigenvalue weighted by Crippen LogP contribution is 2.25. The molecule has 122 valence electrons. The molecule has 0 saturated carbocycles. The lowest BCUT2D eigenvalue weighted by molar-refractivity contribution is 0.0526. The predicted molar refractivity (Wildman–Crippen MR) is 90.1 cm³/mol. The van der Waals surface area contributed by atoms with Crippen molar-refractivity contribution in [1.82, 2.24) is 0 Å². The van der Waals surface area contributed by atoms with Crippen molar-refractivity contribution < 1.29 is 17.9 Å². The molecular weight excluding hydrogens is 338 g/mol. The number of benzene rings is 2. The lowest BCUT2D eigenvalue weighted by Gasteiger charge is -2.11. The first-order valence-corrected chi connectivity index (χ1v) is 8.95. The van der Waals surface area contributed by atoms with Crippen LogP contribution in [0.4, 0.5) is 5.69 Å². The average Bonchev–Trinajstić information content (AvgIpc) is 2.50. The van der Waals surface area contributed by atoms with E-state index in [9.17, 15) is 13.2 Å². The van der Waals surface area contributed by atoms with Crippen molar-refractivity contribution in [3.05, 3.63) is 64.7 Å². The van der Waals surface area contributed by atoms with Crippen LogP contribution in [0.25, 0.3) is 0 Å². The molecule has 0 saturated heterocycles. The van der Waals surface area contributed by atoms with Crippen LogP contribution in [0.15, 0.2) is 48.5 Å². The Morgan fingerprint density at radius 3 is 2.48 bits per heavy atom. The maximum atomic E-state index is 12.2. The quantitative estimate of drug-likeness (QED) is 0.807. The second-order valence-electron chi connectivity index (χ2n) is 4.76. The van der Waals surface area contributed by atoms with Crippen LogP contribution in [0.5, 0.6) is 0 Å². The van der Waals surface area contributed by atoms with E-state index in [-0.39, 0.29) is 28.6 Å². The summed E-state index contributed by atoms with van der Waals surface area (Å²) in [5.74, 6) is -0.669. The highest BCUT2D eigenvalue weighted by Gasteiger charge is 2.15. The van der Waals surface area contributed by atoms with E-state index in [1.807, 2.05) is 6.07 Å². The molecule has 0 spiro atoms. The minimum Gasteiger partial charge on any atom is -0.462 e. The molecule has 2 aromatic rings. The molecule has 7 heteroatoms. The zero-order valence-corrected chi connectivity index (χ0v) is 14.0. The summed E-state index contributed by atoms with van der Waals surface area (Å²) in [4.78, 5) is 11.6. The molecule has 2 aromatic carbocycles. The average molecular weight is 354 g/mol. The molecule has 0 unspecified atom stereocenters. The Hall–Kier alpha value is -2.05. The first-order valence-electron chi connectivity index (χ1n) is 6.92. The standard InChI is InChI=1S/C16H16ClNO4S/c1-2-22-16(19)13-8-9-15(14(17)10-13)18-23(20,21)11-12-6-4-3-5-7-12/h3-10,18H,2,11H2,1H3. The first-order chi connectivity index (χ1) is 10.9. The maximum absolute atomic E-state index is 12.2. The molecule has 0 bridgehead atoms. The predicted octanol–water partition coefficient (Wildman–Crippen LogP) is 3.46. The highest BCUT2D eigenvalue weighted by molar-refractivity contribution is 7.91. The van der Waals surface area contributed by atoms with E-state index in [0.29, 0.717) is 5.56 Å². The normalized spacial score (nSPS) is 11.0. The molecule has 0 atom stereocenters. The molecule has 0 aromatic heterocycles. The number of hydrogen-bond acceptors (Lipinski definition) is 4. The Labute approximate surface area is 140 Å². The number of ether oxygens (including phenoxy) is 1. The van der Waals surface area contributed by atoms with Gasteiger partial charge in [0.15, 0.2) is 0 Å². The van der Waals surface area contributed by atoms with Gasteiger partial charge < -0.3 is 4.74 Å². The number of carbonyl (C=O) groups is 1.